The quantitative estimate of drug-likeness (QED) is 0.690. The predicted octanol–water partition coefficient (Wildman–Crippen LogP) is 5.26. The second-order valence-corrected chi connectivity index (χ2v) is 8.21. The Hall–Kier alpha value is -2.08. The highest BCUT2D eigenvalue weighted by molar-refractivity contribution is 7.80. The summed E-state index contributed by atoms with van der Waals surface area (Å²) >= 11 is 5.69. The average Bonchev–Trinajstić information content (AvgIpc) is 2.61. The van der Waals surface area contributed by atoms with E-state index < -0.39 is 5.92 Å². The van der Waals surface area contributed by atoms with E-state index in [4.69, 9.17) is 12.2 Å². The molecular formula is C22H27F2N3S. The number of thiocarbonyl (C=S) groups is 1. The normalized spacial score (nSPS) is 17.5. The van der Waals surface area contributed by atoms with Crippen molar-refractivity contribution in [3.63, 3.8) is 0 Å². The number of nitrogens with one attached hydrogen (secondary N) is 1. The standard InChI is InChI=1S/C22H27F2N3S/c1-15-11-16(2)25-20(12-15)13-21(28)27-10-4-5-19(14-27)26-18-8-6-17(7-9-18)22(3,23)24/h6-9,11-12,19,26H,4-5,10,13-14H2,1-3H3. The van der Waals surface area contributed by atoms with Crippen LogP contribution in [-0.2, 0) is 12.3 Å². The number of anilines is 1. The Bertz CT molecular complexity index is 810. The molecule has 1 saturated heterocycles. The first-order valence-corrected chi connectivity index (χ1v) is 10.1. The topological polar surface area (TPSA) is 28.2 Å². The molecule has 1 unspecified atom stereocenters. The van der Waals surface area contributed by atoms with Crippen LogP contribution in [0.25, 0.3) is 0 Å². The molecule has 0 spiro atoms. The van der Waals surface area contributed by atoms with Crippen LogP contribution in [0, 0.1) is 13.8 Å². The highest BCUT2D eigenvalue weighted by Crippen LogP contribution is 2.28. The number of rotatable bonds is 5. The van der Waals surface area contributed by atoms with Crippen LogP contribution in [0.2, 0.25) is 0 Å². The van der Waals surface area contributed by atoms with Crippen LogP contribution in [0.5, 0.6) is 0 Å². The lowest BCUT2D eigenvalue weighted by atomic mass is 10.0. The molecule has 0 bridgehead atoms. The predicted molar refractivity (Wildman–Crippen MR) is 114 cm³/mol. The number of halogens is 2. The van der Waals surface area contributed by atoms with E-state index in [0.29, 0.717) is 6.42 Å². The Morgan fingerprint density at radius 1 is 1.25 bits per heavy atom. The van der Waals surface area contributed by atoms with Crippen LogP contribution < -0.4 is 5.32 Å². The van der Waals surface area contributed by atoms with Crippen molar-refractivity contribution in [3.8, 4) is 0 Å². The minimum absolute atomic E-state index is 0.0328. The molecule has 1 fully saturated rings. The molecular weight excluding hydrogens is 376 g/mol. The molecule has 150 valence electrons. The van der Waals surface area contributed by atoms with Crippen LogP contribution >= 0.6 is 12.2 Å². The van der Waals surface area contributed by atoms with Gasteiger partial charge in [0.1, 0.15) is 0 Å². The summed E-state index contributed by atoms with van der Waals surface area (Å²) in [6, 6.07) is 10.8. The van der Waals surface area contributed by atoms with Crippen molar-refractivity contribution in [2.75, 3.05) is 18.4 Å². The van der Waals surface area contributed by atoms with E-state index in [-0.39, 0.29) is 11.6 Å². The molecule has 0 saturated carbocycles. The van der Waals surface area contributed by atoms with Crippen LogP contribution in [-0.4, -0.2) is 34.0 Å². The lowest BCUT2D eigenvalue weighted by Crippen LogP contribution is -2.45. The summed E-state index contributed by atoms with van der Waals surface area (Å²) in [4.78, 5) is 7.74. The Balaban J connectivity index is 1.59. The Morgan fingerprint density at radius 2 is 1.96 bits per heavy atom. The minimum Gasteiger partial charge on any atom is -0.381 e. The van der Waals surface area contributed by atoms with E-state index in [1.165, 1.54) is 17.7 Å². The van der Waals surface area contributed by atoms with Gasteiger partial charge in [0.25, 0.3) is 5.92 Å². The molecule has 1 N–H and O–H groups in total. The maximum Gasteiger partial charge on any atom is 0.270 e. The lowest BCUT2D eigenvalue weighted by Gasteiger charge is -2.35. The summed E-state index contributed by atoms with van der Waals surface area (Å²) in [6.07, 6.45) is 2.75. The summed E-state index contributed by atoms with van der Waals surface area (Å²) in [6.45, 7) is 6.75. The fourth-order valence-corrected chi connectivity index (χ4v) is 4.01. The SMILES string of the molecule is Cc1cc(C)nc(CC(=S)N2CCCC(Nc3ccc(C(C)(F)F)cc3)C2)c1. The second kappa shape index (κ2) is 8.52. The van der Waals surface area contributed by atoms with Gasteiger partial charge in [0, 0.05) is 55.1 Å². The number of piperidine rings is 1. The van der Waals surface area contributed by atoms with Gasteiger partial charge in [-0.2, -0.15) is 0 Å². The summed E-state index contributed by atoms with van der Waals surface area (Å²) in [7, 11) is 0. The zero-order chi connectivity index (χ0) is 20.3. The third-order valence-electron chi connectivity index (χ3n) is 5.02. The molecule has 1 aliphatic heterocycles. The van der Waals surface area contributed by atoms with Gasteiger partial charge in [0.05, 0.1) is 4.99 Å². The third-order valence-corrected chi connectivity index (χ3v) is 5.42. The lowest BCUT2D eigenvalue weighted by molar-refractivity contribution is 0.0175. The van der Waals surface area contributed by atoms with Crippen LogP contribution in [0.3, 0.4) is 0 Å². The van der Waals surface area contributed by atoms with Crippen LogP contribution in [0.4, 0.5) is 14.5 Å². The zero-order valence-corrected chi connectivity index (χ0v) is 17.5. The van der Waals surface area contributed by atoms with E-state index in [9.17, 15) is 8.78 Å². The Kier molecular flexibility index (Phi) is 6.28. The number of pyridine rings is 1. The third kappa shape index (κ3) is 5.47. The van der Waals surface area contributed by atoms with Crippen molar-refractivity contribution in [1.82, 2.24) is 9.88 Å². The van der Waals surface area contributed by atoms with E-state index in [2.05, 4.69) is 34.3 Å². The van der Waals surface area contributed by atoms with Gasteiger partial charge in [-0.1, -0.05) is 24.4 Å². The molecule has 1 aromatic heterocycles. The largest absolute Gasteiger partial charge is 0.381 e. The first-order chi connectivity index (χ1) is 13.2. The van der Waals surface area contributed by atoms with Gasteiger partial charge >= 0.3 is 0 Å². The van der Waals surface area contributed by atoms with Gasteiger partial charge in [-0.15, -0.1) is 0 Å². The van der Waals surface area contributed by atoms with Gasteiger partial charge in [0.15, 0.2) is 0 Å². The molecule has 0 aliphatic carbocycles. The van der Waals surface area contributed by atoms with Crippen LogP contribution in [0.1, 0.15) is 42.3 Å². The monoisotopic (exact) mass is 403 g/mol. The number of benzene rings is 1. The van der Waals surface area contributed by atoms with Crippen LogP contribution in [0.15, 0.2) is 36.4 Å². The van der Waals surface area contributed by atoms with Gasteiger partial charge in [-0.25, -0.2) is 8.78 Å². The maximum atomic E-state index is 13.4. The number of hydrogen-bond donors (Lipinski definition) is 1. The molecule has 28 heavy (non-hydrogen) atoms. The highest BCUT2D eigenvalue weighted by Gasteiger charge is 2.25. The van der Waals surface area contributed by atoms with Gasteiger partial charge in [0.2, 0.25) is 0 Å². The number of nitrogens with zero attached hydrogens (tertiary/aromatic N) is 2. The van der Waals surface area contributed by atoms with Crippen molar-refractivity contribution < 1.29 is 8.78 Å². The number of aryl methyl sites for hydroxylation is 2. The van der Waals surface area contributed by atoms with Gasteiger partial charge < -0.3 is 10.2 Å². The maximum absolute atomic E-state index is 13.4. The molecule has 1 atom stereocenters. The molecule has 1 aliphatic rings. The van der Waals surface area contributed by atoms with E-state index in [1.54, 1.807) is 12.1 Å². The van der Waals surface area contributed by atoms with E-state index in [1.807, 2.05) is 6.92 Å². The number of aromatic nitrogens is 1. The molecule has 2 aromatic rings. The summed E-state index contributed by atoms with van der Waals surface area (Å²) in [5, 5.41) is 3.46. The molecule has 3 rings (SSSR count). The van der Waals surface area contributed by atoms with Gasteiger partial charge in [-0.3, -0.25) is 4.98 Å². The van der Waals surface area contributed by atoms with Crippen molar-refractivity contribution in [2.24, 2.45) is 0 Å². The zero-order valence-electron chi connectivity index (χ0n) is 16.6. The molecule has 0 amide bonds. The van der Waals surface area contributed by atoms with E-state index in [0.717, 1.165) is 54.9 Å². The number of likely N-dealkylation sites (tertiary alicyclic amines) is 1. The van der Waals surface area contributed by atoms with Crippen molar-refractivity contribution in [3.05, 3.63) is 58.9 Å². The van der Waals surface area contributed by atoms with Crippen molar-refractivity contribution >= 4 is 22.9 Å². The minimum atomic E-state index is -2.81. The second-order valence-electron chi connectivity index (χ2n) is 7.74. The summed E-state index contributed by atoms with van der Waals surface area (Å²) < 4.78 is 26.7. The number of hydrogen-bond acceptors (Lipinski definition) is 3. The highest BCUT2D eigenvalue weighted by atomic mass is 32.1. The Morgan fingerprint density at radius 3 is 2.61 bits per heavy atom. The first-order valence-electron chi connectivity index (χ1n) is 9.67. The molecule has 1 aromatic carbocycles. The molecule has 3 nitrogen and oxygen atoms in total. The smallest absolute Gasteiger partial charge is 0.270 e. The molecule has 0 radical (unpaired) electrons. The molecule has 2 heterocycles. The first kappa shape index (κ1) is 20.6. The van der Waals surface area contributed by atoms with Gasteiger partial charge in [-0.05, 0) is 56.5 Å². The molecule has 6 heteroatoms. The fraction of sp³-hybridized carbons (Fsp3) is 0.455. The fourth-order valence-electron chi connectivity index (χ4n) is 3.70. The summed E-state index contributed by atoms with van der Waals surface area (Å²) in [5.74, 6) is -2.81. The van der Waals surface area contributed by atoms with E-state index >= 15 is 0 Å². The number of alkyl halides is 2. The van der Waals surface area contributed by atoms with Crippen molar-refractivity contribution in [1.29, 1.82) is 0 Å². The van der Waals surface area contributed by atoms with Crippen molar-refractivity contribution in [2.45, 2.75) is 52.0 Å². The summed E-state index contributed by atoms with van der Waals surface area (Å²) in [5.41, 5.74) is 4.11. The average molecular weight is 404 g/mol. The Labute approximate surface area is 171 Å².